The average molecular weight is 218 g/mol. The lowest BCUT2D eigenvalue weighted by Gasteiger charge is -1.99. The molecule has 0 unspecified atom stereocenters. The number of nitro groups is 1. The van der Waals surface area contributed by atoms with Gasteiger partial charge in [0.15, 0.2) is 6.61 Å². The van der Waals surface area contributed by atoms with E-state index < -0.39 is 4.92 Å². The molecule has 2 aromatic rings. The van der Waals surface area contributed by atoms with Gasteiger partial charge in [-0.2, -0.15) is 0 Å². The fraction of sp³-hybridized carbons (Fsp3) is 0.111. The number of non-ortho nitro benzene ring substituents is 1. The number of nitro benzene ring substituents is 1. The molecule has 0 bridgehead atoms. The lowest BCUT2D eigenvalue weighted by molar-refractivity contribution is -0.384. The molecule has 0 amide bonds. The van der Waals surface area contributed by atoms with E-state index in [0.29, 0.717) is 11.0 Å². The molecule has 0 aliphatic rings. The molecule has 2 rings (SSSR count). The van der Waals surface area contributed by atoms with Gasteiger partial charge in [0.25, 0.3) is 5.69 Å². The number of hydrogen-bond donors (Lipinski definition) is 0. The van der Waals surface area contributed by atoms with Crippen molar-refractivity contribution in [1.29, 1.82) is 0 Å². The molecule has 0 aliphatic carbocycles. The Kier molecular flexibility index (Phi) is 2.39. The molecule has 80 valence electrons. The maximum Gasteiger partial charge on any atom is 0.271 e. The van der Waals surface area contributed by atoms with Crippen LogP contribution in [0.4, 0.5) is 5.69 Å². The van der Waals surface area contributed by atoms with E-state index in [9.17, 15) is 10.1 Å². The van der Waals surface area contributed by atoms with E-state index >= 15 is 0 Å². The first-order chi connectivity index (χ1) is 7.72. The van der Waals surface area contributed by atoms with E-state index in [4.69, 9.17) is 11.3 Å². The molecule has 0 fully saturated rings. The summed E-state index contributed by atoms with van der Waals surface area (Å²) in [6, 6.07) is 4.17. The third-order valence-electron chi connectivity index (χ3n) is 1.88. The summed E-state index contributed by atoms with van der Waals surface area (Å²) in [5, 5.41) is 18.0. The van der Waals surface area contributed by atoms with Gasteiger partial charge in [0, 0.05) is 12.1 Å². The highest BCUT2D eigenvalue weighted by Gasteiger charge is 2.11. The Morgan fingerprint density at radius 1 is 1.62 bits per heavy atom. The van der Waals surface area contributed by atoms with Gasteiger partial charge in [-0.05, 0) is 11.3 Å². The molecule has 0 aliphatic heterocycles. The maximum atomic E-state index is 10.6. The van der Waals surface area contributed by atoms with E-state index in [1.807, 2.05) is 0 Å². The van der Waals surface area contributed by atoms with Crippen molar-refractivity contribution < 1.29 is 9.76 Å². The lowest BCUT2D eigenvalue weighted by atomic mass is 10.3. The summed E-state index contributed by atoms with van der Waals surface area (Å²) in [5.74, 6) is 2.26. The third-order valence-corrected chi connectivity index (χ3v) is 1.88. The smallest absolute Gasteiger partial charge is 0.271 e. The Morgan fingerprint density at radius 3 is 3.12 bits per heavy atom. The zero-order valence-electron chi connectivity index (χ0n) is 8.03. The van der Waals surface area contributed by atoms with Gasteiger partial charge in [-0.1, -0.05) is 10.8 Å². The zero-order valence-corrected chi connectivity index (χ0v) is 8.03. The maximum absolute atomic E-state index is 10.6. The van der Waals surface area contributed by atoms with Gasteiger partial charge in [-0.25, -0.2) is 0 Å². The Morgan fingerprint density at radius 2 is 2.44 bits per heavy atom. The van der Waals surface area contributed by atoms with Gasteiger partial charge in [0.05, 0.1) is 4.92 Å². The van der Waals surface area contributed by atoms with Crippen LogP contribution in [0.25, 0.3) is 11.0 Å². The van der Waals surface area contributed by atoms with Crippen molar-refractivity contribution in [1.82, 2.24) is 15.2 Å². The molecule has 0 atom stereocenters. The highest BCUT2D eigenvalue weighted by molar-refractivity contribution is 5.76. The molecule has 7 nitrogen and oxygen atoms in total. The van der Waals surface area contributed by atoms with Crippen LogP contribution in [0.5, 0.6) is 0 Å². The Labute approximate surface area is 89.7 Å². The van der Waals surface area contributed by atoms with E-state index in [2.05, 4.69) is 16.2 Å². The molecule has 0 spiro atoms. The van der Waals surface area contributed by atoms with Crippen molar-refractivity contribution in [3.8, 4) is 12.3 Å². The molecule has 0 saturated heterocycles. The van der Waals surface area contributed by atoms with Crippen LogP contribution in [-0.4, -0.2) is 26.7 Å². The van der Waals surface area contributed by atoms with Gasteiger partial charge in [-0.15, -0.1) is 11.5 Å². The molecule has 1 aromatic heterocycles. The quantitative estimate of drug-likeness (QED) is 0.423. The number of terminal acetylenes is 1. The molecule has 0 N–H and O–H groups in total. The van der Waals surface area contributed by atoms with Gasteiger partial charge < -0.3 is 4.84 Å². The van der Waals surface area contributed by atoms with Crippen molar-refractivity contribution in [3.63, 3.8) is 0 Å². The molecule has 1 aromatic carbocycles. The molecule has 0 saturated carbocycles. The first-order valence-corrected chi connectivity index (χ1v) is 4.29. The largest absolute Gasteiger partial charge is 0.382 e. The van der Waals surface area contributed by atoms with Crippen LogP contribution in [0, 0.1) is 22.5 Å². The number of nitrogens with zero attached hydrogens (tertiary/aromatic N) is 4. The number of benzene rings is 1. The minimum atomic E-state index is -0.502. The molecule has 1 heterocycles. The number of rotatable bonds is 3. The van der Waals surface area contributed by atoms with E-state index in [1.54, 1.807) is 0 Å². The predicted octanol–water partition coefficient (Wildman–Crippen LogP) is 0.401. The van der Waals surface area contributed by atoms with E-state index in [1.165, 1.54) is 18.2 Å². The summed E-state index contributed by atoms with van der Waals surface area (Å²) < 4.78 is 0. The molecule has 0 radical (unpaired) electrons. The standard InChI is InChI=1S/C9H6N4O3/c1-2-5-16-12-9-6-7(13(14)15)3-4-8(9)10-11-12/h1,3-4,6H,5H2. The second-order valence-electron chi connectivity index (χ2n) is 2.87. The molecular weight excluding hydrogens is 212 g/mol. The van der Waals surface area contributed by atoms with Crippen molar-refractivity contribution >= 4 is 16.7 Å². The van der Waals surface area contributed by atoms with Crippen LogP contribution in [-0.2, 0) is 0 Å². The Bertz CT molecular complexity index is 584. The number of hydrogen-bond acceptors (Lipinski definition) is 5. The fourth-order valence-electron chi connectivity index (χ4n) is 1.19. The summed E-state index contributed by atoms with van der Waals surface area (Å²) in [4.78, 5) is 16.2. The molecule has 7 heteroatoms. The summed E-state index contributed by atoms with van der Waals surface area (Å²) in [7, 11) is 0. The van der Waals surface area contributed by atoms with Crippen LogP contribution in [0.2, 0.25) is 0 Å². The van der Waals surface area contributed by atoms with E-state index in [0.717, 1.165) is 4.85 Å². The van der Waals surface area contributed by atoms with E-state index in [-0.39, 0.29) is 12.3 Å². The monoisotopic (exact) mass is 218 g/mol. The van der Waals surface area contributed by atoms with Crippen LogP contribution >= 0.6 is 0 Å². The summed E-state index contributed by atoms with van der Waals surface area (Å²) >= 11 is 0. The topological polar surface area (TPSA) is 83.1 Å². The normalized spacial score (nSPS) is 9.94. The van der Waals surface area contributed by atoms with Gasteiger partial charge in [0.2, 0.25) is 0 Å². The minimum Gasteiger partial charge on any atom is -0.382 e. The lowest BCUT2D eigenvalue weighted by Crippen LogP contribution is -2.13. The van der Waals surface area contributed by atoms with Crippen molar-refractivity contribution in [2.24, 2.45) is 0 Å². The SMILES string of the molecule is C#CCOn1nnc2ccc([N+](=O)[O-])cc21. The highest BCUT2D eigenvalue weighted by Crippen LogP contribution is 2.17. The van der Waals surface area contributed by atoms with Gasteiger partial charge >= 0.3 is 0 Å². The first kappa shape index (κ1) is 9.92. The summed E-state index contributed by atoms with van der Waals surface area (Å²) in [5.41, 5.74) is 0.854. The third kappa shape index (κ3) is 1.64. The Hall–Kier alpha value is -2.62. The van der Waals surface area contributed by atoms with Crippen LogP contribution in [0.1, 0.15) is 0 Å². The average Bonchev–Trinajstić information content (AvgIpc) is 2.68. The minimum absolute atomic E-state index is 0.0150. The highest BCUT2D eigenvalue weighted by atomic mass is 16.7. The van der Waals surface area contributed by atoms with Crippen molar-refractivity contribution in [2.75, 3.05) is 6.61 Å². The predicted molar refractivity (Wildman–Crippen MR) is 54.5 cm³/mol. The van der Waals surface area contributed by atoms with Crippen LogP contribution < -0.4 is 4.84 Å². The molecule has 16 heavy (non-hydrogen) atoms. The zero-order chi connectivity index (χ0) is 11.5. The molecular formula is C9H6N4O3. The number of fused-ring (bicyclic) bond motifs is 1. The van der Waals surface area contributed by atoms with Gasteiger partial charge in [-0.3, -0.25) is 10.1 Å². The summed E-state index contributed by atoms with van der Waals surface area (Å²) in [6.45, 7) is 0.0150. The van der Waals surface area contributed by atoms with Crippen LogP contribution in [0.3, 0.4) is 0 Å². The second kappa shape index (κ2) is 3.86. The fourth-order valence-corrected chi connectivity index (χ4v) is 1.19. The number of aromatic nitrogens is 3. The van der Waals surface area contributed by atoms with Crippen LogP contribution in [0.15, 0.2) is 18.2 Å². The second-order valence-corrected chi connectivity index (χ2v) is 2.87. The summed E-state index contributed by atoms with van der Waals surface area (Å²) in [6.07, 6.45) is 5.02. The van der Waals surface area contributed by atoms with Gasteiger partial charge in [0.1, 0.15) is 11.0 Å². The van der Waals surface area contributed by atoms with Crippen molar-refractivity contribution in [2.45, 2.75) is 0 Å². The first-order valence-electron chi connectivity index (χ1n) is 4.29. The Balaban J connectivity index is 2.48. The van der Waals surface area contributed by atoms with Crippen molar-refractivity contribution in [3.05, 3.63) is 28.3 Å².